The summed E-state index contributed by atoms with van der Waals surface area (Å²) in [5.41, 5.74) is 2.61. The molecule has 0 saturated heterocycles. The maximum Gasteiger partial charge on any atom is 0.275 e. The van der Waals surface area contributed by atoms with Crippen molar-refractivity contribution >= 4 is 29.0 Å². The van der Waals surface area contributed by atoms with Gasteiger partial charge in [0.05, 0.1) is 25.2 Å². The molecule has 0 radical (unpaired) electrons. The molecule has 2 aromatic heterocycles. The quantitative estimate of drug-likeness (QED) is 0.674. The minimum absolute atomic E-state index is 0.194. The molecule has 0 saturated carbocycles. The molecular weight excluding hydrogens is 366 g/mol. The molecular formula is C19H18ClN5O2. The van der Waals surface area contributed by atoms with E-state index < -0.39 is 0 Å². The van der Waals surface area contributed by atoms with Crippen molar-refractivity contribution in [2.75, 3.05) is 17.7 Å². The minimum Gasteiger partial charge on any atom is -0.495 e. The third-order valence-corrected chi connectivity index (χ3v) is 4.24. The zero-order valence-corrected chi connectivity index (χ0v) is 15.6. The maximum atomic E-state index is 12.4. The zero-order valence-electron chi connectivity index (χ0n) is 14.9. The number of amides is 1. The average molecular weight is 384 g/mol. The zero-order chi connectivity index (χ0) is 19.2. The minimum atomic E-state index is -0.386. The SMILES string of the molecule is COc1cc(Cl)c(C)cc1NC(=O)c1cnc(NCc2ccncc2)cn1. The molecule has 1 aromatic carbocycles. The van der Waals surface area contributed by atoms with Gasteiger partial charge in [-0.2, -0.15) is 0 Å². The van der Waals surface area contributed by atoms with Crippen molar-refractivity contribution in [1.82, 2.24) is 15.0 Å². The molecule has 0 unspecified atom stereocenters. The molecule has 27 heavy (non-hydrogen) atoms. The Bertz CT molecular complexity index is 933. The van der Waals surface area contributed by atoms with Crippen molar-refractivity contribution in [1.29, 1.82) is 0 Å². The molecule has 3 rings (SSSR count). The van der Waals surface area contributed by atoms with Crippen LogP contribution in [-0.2, 0) is 6.54 Å². The molecule has 8 heteroatoms. The van der Waals surface area contributed by atoms with Gasteiger partial charge in [0.2, 0.25) is 0 Å². The third kappa shape index (κ3) is 4.71. The van der Waals surface area contributed by atoms with E-state index in [1.165, 1.54) is 19.5 Å². The topological polar surface area (TPSA) is 89.0 Å². The van der Waals surface area contributed by atoms with E-state index in [9.17, 15) is 4.79 Å². The largest absolute Gasteiger partial charge is 0.495 e. The summed E-state index contributed by atoms with van der Waals surface area (Å²) >= 11 is 6.08. The number of nitrogens with zero attached hydrogens (tertiary/aromatic N) is 3. The van der Waals surface area contributed by atoms with Crippen LogP contribution in [0.25, 0.3) is 0 Å². The van der Waals surface area contributed by atoms with Gasteiger partial charge in [-0.3, -0.25) is 9.78 Å². The summed E-state index contributed by atoms with van der Waals surface area (Å²) in [4.78, 5) is 24.8. The van der Waals surface area contributed by atoms with Crippen LogP contribution in [0.5, 0.6) is 5.75 Å². The predicted molar refractivity (Wildman–Crippen MR) is 104 cm³/mol. The van der Waals surface area contributed by atoms with E-state index in [-0.39, 0.29) is 11.6 Å². The molecule has 3 aromatic rings. The van der Waals surface area contributed by atoms with Crippen LogP contribution in [0.2, 0.25) is 5.02 Å². The summed E-state index contributed by atoms with van der Waals surface area (Å²) in [5.74, 6) is 0.661. The molecule has 0 atom stereocenters. The van der Waals surface area contributed by atoms with E-state index >= 15 is 0 Å². The predicted octanol–water partition coefficient (Wildman–Crippen LogP) is 3.71. The Morgan fingerprint density at radius 3 is 2.63 bits per heavy atom. The van der Waals surface area contributed by atoms with Gasteiger partial charge < -0.3 is 15.4 Å². The lowest BCUT2D eigenvalue weighted by Gasteiger charge is -2.12. The Kier molecular flexibility index (Phi) is 5.83. The van der Waals surface area contributed by atoms with Gasteiger partial charge in [0.25, 0.3) is 5.91 Å². The van der Waals surface area contributed by atoms with E-state index in [4.69, 9.17) is 16.3 Å². The third-order valence-electron chi connectivity index (χ3n) is 3.84. The van der Waals surface area contributed by atoms with Crippen molar-refractivity contribution < 1.29 is 9.53 Å². The van der Waals surface area contributed by atoms with Gasteiger partial charge in [0, 0.05) is 30.0 Å². The standard InChI is InChI=1S/C19H18ClN5O2/c1-12-7-15(17(27-2)8-14(12)20)25-19(26)16-10-24-18(11-22-16)23-9-13-3-5-21-6-4-13/h3-8,10-11H,9H2,1-2H3,(H,23,24)(H,25,26). The first-order valence-electron chi connectivity index (χ1n) is 8.17. The fourth-order valence-electron chi connectivity index (χ4n) is 2.35. The lowest BCUT2D eigenvalue weighted by Crippen LogP contribution is -2.15. The molecule has 2 N–H and O–H groups in total. The van der Waals surface area contributed by atoms with Gasteiger partial charge in [0.15, 0.2) is 0 Å². The summed E-state index contributed by atoms with van der Waals surface area (Å²) in [7, 11) is 1.51. The summed E-state index contributed by atoms with van der Waals surface area (Å²) in [6, 6.07) is 7.22. The van der Waals surface area contributed by atoms with E-state index in [0.29, 0.717) is 28.8 Å². The molecule has 0 aliphatic heterocycles. The van der Waals surface area contributed by atoms with Crippen LogP contribution < -0.4 is 15.4 Å². The number of nitrogens with one attached hydrogen (secondary N) is 2. The first kappa shape index (κ1) is 18.6. The second-order valence-corrected chi connectivity index (χ2v) is 6.16. The van der Waals surface area contributed by atoms with Crippen LogP contribution >= 0.6 is 11.6 Å². The van der Waals surface area contributed by atoms with Gasteiger partial charge in [-0.05, 0) is 36.2 Å². The van der Waals surface area contributed by atoms with Gasteiger partial charge in [-0.1, -0.05) is 11.6 Å². The van der Waals surface area contributed by atoms with E-state index in [2.05, 4.69) is 25.6 Å². The van der Waals surface area contributed by atoms with Crippen molar-refractivity contribution in [3.63, 3.8) is 0 Å². The summed E-state index contributed by atoms with van der Waals surface area (Å²) in [6.45, 7) is 2.44. The number of rotatable bonds is 6. The molecule has 2 heterocycles. The average Bonchev–Trinajstić information content (AvgIpc) is 2.70. The van der Waals surface area contributed by atoms with Crippen LogP contribution in [0, 0.1) is 6.92 Å². The van der Waals surface area contributed by atoms with E-state index in [1.807, 2.05) is 19.1 Å². The molecule has 0 aliphatic carbocycles. The number of methoxy groups -OCH3 is 1. The summed E-state index contributed by atoms with van der Waals surface area (Å²) in [6.07, 6.45) is 6.38. The van der Waals surface area contributed by atoms with Crippen molar-refractivity contribution in [3.05, 3.63) is 70.9 Å². The first-order valence-corrected chi connectivity index (χ1v) is 8.55. The highest BCUT2D eigenvalue weighted by Crippen LogP contribution is 2.31. The number of ether oxygens (including phenoxy) is 1. The van der Waals surface area contributed by atoms with Crippen LogP contribution in [0.4, 0.5) is 11.5 Å². The molecule has 0 aliphatic rings. The number of hydrogen-bond donors (Lipinski definition) is 2. The monoisotopic (exact) mass is 383 g/mol. The number of aryl methyl sites for hydroxylation is 1. The van der Waals surface area contributed by atoms with E-state index in [1.54, 1.807) is 24.5 Å². The fraction of sp³-hybridized carbons (Fsp3) is 0.158. The summed E-state index contributed by atoms with van der Waals surface area (Å²) < 4.78 is 5.26. The van der Waals surface area contributed by atoms with Gasteiger partial charge >= 0.3 is 0 Å². The highest BCUT2D eigenvalue weighted by molar-refractivity contribution is 6.31. The van der Waals surface area contributed by atoms with Crippen molar-refractivity contribution in [2.45, 2.75) is 13.5 Å². The Morgan fingerprint density at radius 2 is 1.96 bits per heavy atom. The second kappa shape index (κ2) is 8.46. The van der Waals surface area contributed by atoms with Gasteiger partial charge in [-0.15, -0.1) is 0 Å². The smallest absolute Gasteiger partial charge is 0.275 e. The number of halogens is 1. The number of benzene rings is 1. The molecule has 0 fully saturated rings. The fourth-order valence-corrected chi connectivity index (χ4v) is 2.50. The Balaban J connectivity index is 1.66. The number of carbonyl (C=O) groups is 1. The lowest BCUT2D eigenvalue weighted by molar-refractivity contribution is 0.102. The second-order valence-electron chi connectivity index (χ2n) is 5.75. The number of carbonyl (C=O) groups excluding carboxylic acids is 1. The first-order chi connectivity index (χ1) is 13.1. The summed E-state index contributed by atoms with van der Waals surface area (Å²) in [5, 5.41) is 6.48. The molecule has 7 nitrogen and oxygen atoms in total. The van der Waals surface area contributed by atoms with Crippen LogP contribution in [0.1, 0.15) is 21.6 Å². The number of anilines is 2. The van der Waals surface area contributed by atoms with Crippen molar-refractivity contribution in [3.8, 4) is 5.75 Å². The molecule has 138 valence electrons. The van der Waals surface area contributed by atoms with Crippen LogP contribution in [0.3, 0.4) is 0 Å². The lowest BCUT2D eigenvalue weighted by atomic mass is 10.2. The van der Waals surface area contributed by atoms with Crippen molar-refractivity contribution in [2.24, 2.45) is 0 Å². The molecule has 0 spiro atoms. The van der Waals surface area contributed by atoms with Crippen LogP contribution in [-0.4, -0.2) is 28.0 Å². The maximum absolute atomic E-state index is 12.4. The number of aromatic nitrogens is 3. The Hall–Kier alpha value is -3.19. The molecule has 1 amide bonds. The molecule has 0 bridgehead atoms. The number of hydrogen-bond acceptors (Lipinski definition) is 6. The van der Waals surface area contributed by atoms with Gasteiger partial charge in [-0.25, -0.2) is 9.97 Å². The van der Waals surface area contributed by atoms with Crippen LogP contribution in [0.15, 0.2) is 49.1 Å². The highest BCUT2D eigenvalue weighted by atomic mass is 35.5. The normalized spacial score (nSPS) is 10.3. The van der Waals surface area contributed by atoms with E-state index in [0.717, 1.165) is 11.1 Å². The Morgan fingerprint density at radius 1 is 1.19 bits per heavy atom. The number of pyridine rings is 1. The van der Waals surface area contributed by atoms with Gasteiger partial charge in [0.1, 0.15) is 17.3 Å². The Labute approximate surface area is 161 Å². The highest BCUT2D eigenvalue weighted by Gasteiger charge is 2.13.